The van der Waals surface area contributed by atoms with E-state index in [0.717, 1.165) is 61.2 Å². The molecule has 1 aliphatic rings. The first-order valence-corrected chi connectivity index (χ1v) is 8.48. The Morgan fingerprint density at radius 1 is 1.30 bits per heavy atom. The number of morpholine rings is 1. The molecule has 0 unspecified atom stereocenters. The molecule has 1 fully saturated rings. The van der Waals surface area contributed by atoms with Gasteiger partial charge in [0.05, 0.1) is 13.2 Å². The predicted molar refractivity (Wildman–Crippen MR) is 87.8 cm³/mol. The van der Waals surface area contributed by atoms with E-state index in [2.05, 4.69) is 35.7 Å². The molecule has 0 saturated carbocycles. The fraction of sp³-hybridized carbons (Fsp3) is 0.615. The largest absolute Gasteiger partial charge is 0.378 e. The van der Waals surface area contributed by atoms with Crippen molar-refractivity contribution in [2.45, 2.75) is 12.1 Å². The lowest BCUT2D eigenvalue weighted by atomic mass is 10.4. The van der Waals surface area contributed by atoms with Crippen LogP contribution in [0.25, 0.3) is 0 Å². The van der Waals surface area contributed by atoms with Crippen LogP contribution >= 0.6 is 11.8 Å². The zero-order valence-electron chi connectivity index (χ0n) is 13.3. The fourth-order valence-corrected chi connectivity index (χ4v) is 2.92. The molecule has 124 valence electrons. The van der Waals surface area contributed by atoms with Crippen LogP contribution in [0.15, 0.2) is 11.2 Å². The number of hydrogen-bond acceptors (Lipinski definition) is 9. The number of hydrogen-bond donors (Lipinski definition) is 1. The zero-order valence-corrected chi connectivity index (χ0v) is 14.1. The predicted octanol–water partition coefficient (Wildman–Crippen LogP) is 0.349. The Morgan fingerprint density at radius 2 is 2.13 bits per heavy atom. The second-order valence-corrected chi connectivity index (χ2v) is 6.22. The van der Waals surface area contributed by atoms with Crippen LogP contribution < -0.4 is 10.2 Å². The van der Waals surface area contributed by atoms with Crippen molar-refractivity contribution in [1.29, 1.82) is 0 Å². The molecular formula is C13H20N8OS. The van der Waals surface area contributed by atoms with Gasteiger partial charge in [-0.1, -0.05) is 11.8 Å². The maximum absolute atomic E-state index is 5.37. The van der Waals surface area contributed by atoms with Gasteiger partial charge in [-0.15, -0.1) is 5.10 Å². The van der Waals surface area contributed by atoms with E-state index >= 15 is 0 Å². The zero-order chi connectivity index (χ0) is 16.1. The van der Waals surface area contributed by atoms with Gasteiger partial charge in [0.2, 0.25) is 11.1 Å². The summed E-state index contributed by atoms with van der Waals surface area (Å²) in [5.74, 6) is 2.46. The Hall–Kier alpha value is -1.94. The van der Waals surface area contributed by atoms with Crippen molar-refractivity contribution in [3.05, 3.63) is 11.8 Å². The van der Waals surface area contributed by atoms with Crippen LogP contribution in [0.1, 0.15) is 5.69 Å². The third-order valence-corrected chi connectivity index (χ3v) is 4.37. The standard InChI is InChI=1S/C13H20N8OS/c1-10-9-11(14-3-8-23-13-17-18-19-20(13)2)16-12(15-10)21-4-6-22-7-5-21/h9H,3-8H2,1-2H3,(H,14,15,16). The van der Waals surface area contributed by atoms with E-state index in [9.17, 15) is 0 Å². The van der Waals surface area contributed by atoms with Crippen LogP contribution in [-0.4, -0.2) is 68.8 Å². The monoisotopic (exact) mass is 336 g/mol. The molecule has 2 aromatic heterocycles. The molecule has 10 heteroatoms. The van der Waals surface area contributed by atoms with Gasteiger partial charge in [0.1, 0.15) is 5.82 Å². The van der Waals surface area contributed by atoms with Gasteiger partial charge in [0.25, 0.3) is 0 Å². The van der Waals surface area contributed by atoms with Gasteiger partial charge in [-0.2, -0.15) is 4.98 Å². The molecule has 0 radical (unpaired) electrons. The van der Waals surface area contributed by atoms with Gasteiger partial charge in [0.15, 0.2) is 0 Å². The lowest BCUT2D eigenvalue weighted by Crippen LogP contribution is -2.37. The van der Waals surface area contributed by atoms with E-state index in [-0.39, 0.29) is 0 Å². The van der Waals surface area contributed by atoms with Crippen molar-refractivity contribution in [3.8, 4) is 0 Å². The third kappa shape index (κ3) is 4.29. The SMILES string of the molecule is Cc1cc(NCCSc2nnnn2C)nc(N2CCOCC2)n1. The van der Waals surface area contributed by atoms with E-state index in [4.69, 9.17) is 4.74 Å². The highest BCUT2D eigenvalue weighted by atomic mass is 32.2. The van der Waals surface area contributed by atoms with Crippen molar-refractivity contribution in [2.75, 3.05) is 48.8 Å². The van der Waals surface area contributed by atoms with Gasteiger partial charge in [-0.25, -0.2) is 9.67 Å². The number of rotatable bonds is 6. The molecule has 3 rings (SSSR count). The molecule has 1 saturated heterocycles. The quantitative estimate of drug-likeness (QED) is 0.592. The van der Waals surface area contributed by atoms with Crippen molar-refractivity contribution in [1.82, 2.24) is 30.2 Å². The average molecular weight is 336 g/mol. The van der Waals surface area contributed by atoms with Crippen LogP contribution in [0.3, 0.4) is 0 Å². The summed E-state index contributed by atoms with van der Waals surface area (Å²) in [6, 6.07) is 1.96. The van der Waals surface area contributed by atoms with E-state index < -0.39 is 0 Å². The minimum Gasteiger partial charge on any atom is -0.378 e. The number of aromatic nitrogens is 6. The normalized spacial score (nSPS) is 15.0. The number of nitrogens with one attached hydrogen (secondary N) is 1. The summed E-state index contributed by atoms with van der Waals surface area (Å²) in [7, 11) is 1.83. The minimum atomic E-state index is 0.725. The topological polar surface area (TPSA) is 93.9 Å². The van der Waals surface area contributed by atoms with E-state index in [0.29, 0.717) is 0 Å². The maximum atomic E-state index is 5.37. The van der Waals surface area contributed by atoms with Crippen molar-refractivity contribution < 1.29 is 4.74 Å². The number of ether oxygens (including phenoxy) is 1. The van der Waals surface area contributed by atoms with Crippen LogP contribution in [0, 0.1) is 6.92 Å². The second-order valence-electron chi connectivity index (χ2n) is 5.15. The van der Waals surface area contributed by atoms with Crippen molar-refractivity contribution in [2.24, 2.45) is 7.05 Å². The lowest BCUT2D eigenvalue weighted by Gasteiger charge is -2.27. The molecule has 1 aliphatic heterocycles. The van der Waals surface area contributed by atoms with Gasteiger partial charge in [-0.3, -0.25) is 0 Å². The summed E-state index contributed by atoms with van der Waals surface area (Å²) in [5, 5.41) is 15.5. The smallest absolute Gasteiger partial charge is 0.227 e. The number of anilines is 2. The first-order chi connectivity index (χ1) is 11.2. The highest BCUT2D eigenvalue weighted by Gasteiger charge is 2.14. The highest BCUT2D eigenvalue weighted by Crippen LogP contribution is 2.16. The Labute approximate surface area is 138 Å². The highest BCUT2D eigenvalue weighted by molar-refractivity contribution is 7.99. The van der Waals surface area contributed by atoms with Gasteiger partial charge >= 0.3 is 0 Å². The van der Waals surface area contributed by atoms with Gasteiger partial charge in [-0.05, 0) is 17.4 Å². The molecule has 0 amide bonds. The van der Waals surface area contributed by atoms with Gasteiger partial charge in [0, 0.05) is 44.2 Å². The molecule has 0 spiro atoms. The van der Waals surface area contributed by atoms with Crippen LogP contribution in [-0.2, 0) is 11.8 Å². The summed E-state index contributed by atoms with van der Waals surface area (Å²) in [6.45, 7) is 5.87. The Balaban J connectivity index is 1.55. The molecule has 0 aromatic carbocycles. The molecule has 0 aliphatic carbocycles. The summed E-state index contributed by atoms with van der Waals surface area (Å²) < 4.78 is 7.04. The maximum Gasteiger partial charge on any atom is 0.227 e. The Kier molecular flexibility index (Phi) is 5.23. The van der Waals surface area contributed by atoms with E-state index in [1.165, 1.54) is 0 Å². The fourth-order valence-electron chi connectivity index (χ4n) is 2.21. The minimum absolute atomic E-state index is 0.725. The molecule has 1 N–H and O–H groups in total. The van der Waals surface area contributed by atoms with Crippen molar-refractivity contribution in [3.63, 3.8) is 0 Å². The van der Waals surface area contributed by atoms with Crippen LogP contribution in [0.4, 0.5) is 11.8 Å². The van der Waals surface area contributed by atoms with Gasteiger partial charge < -0.3 is 15.0 Å². The molecule has 23 heavy (non-hydrogen) atoms. The molecule has 9 nitrogen and oxygen atoms in total. The number of nitrogens with zero attached hydrogens (tertiary/aromatic N) is 7. The van der Waals surface area contributed by atoms with E-state index in [1.54, 1.807) is 16.4 Å². The summed E-state index contributed by atoms with van der Waals surface area (Å²) in [6.07, 6.45) is 0. The summed E-state index contributed by atoms with van der Waals surface area (Å²) in [5.41, 5.74) is 0.953. The first kappa shape index (κ1) is 15.9. The first-order valence-electron chi connectivity index (χ1n) is 7.50. The Bertz CT molecular complexity index is 643. The second kappa shape index (κ2) is 7.55. The lowest BCUT2D eigenvalue weighted by molar-refractivity contribution is 0.122. The molecular weight excluding hydrogens is 316 g/mol. The summed E-state index contributed by atoms with van der Waals surface area (Å²) in [4.78, 5) is 11.3. The molecule has 0 bridgehead atoms. The third-order valence-electron chi connectivity index (χ3n) is 3.36. The van der Waals surface area contributed by atoms with E-state index in [1.807, 2.05) is 20.0 Å². The molecule has 0 atom stereocenters. The number of tetrazole rings is 1. The van der Waals surface area contributed by atoms with Crippen LogP contribution in [0.2, 0.25) is 0 Å². The molecule has 3 heterocycles. The van der Waals surface area contributed by atoms with Crippen molar-refractivity contribution >= 4 is 23.5 Å². The molecule has 2 aromatic rings. The Morgan fingerprint density at radius 3 is 2.87 bits per heavy atom. The van der Waals surface area contributed by atoms with Crippen LogP contribution in [0.5, 0.6) is 0 Å². The number of aryl methyl sites for hydroxylation is 2. The average Bonchev–Trinajstić information content (AvgIpc) is 2.97. The number of thioether (sulfide) groups is 1. The summed E-state index contributed by atoms with van der Waals surface area (Å²) >= 11 is 1.60.